The van der Waals surface area contributed by atoms with E-state index < -0.39 is 15.6 Å². The van der Waals surface area contributed by atoms with Gasteiger partial charge >= 0.3 is 11.7 Å². The van der Waals surface area contributed by atoms with Gasteiger partial charge in [0.15, 0.2) is 5.52 Å². The number of imidazole rings is 1. The van der Waals surface area contributed by atoms with Gasteiger partial charge in [0.2, 0.25) is 10.0 Å². The normalized spacial score (nSPS) is 15.6. The van der Waals surface area contributed by atoms with Crippen LogP contribution in [-0.2, 0) is 21.3 Å². The summed E-state index contributed by atoms with van der Waals surface area (Å²) in [5.74, 6) is 0. The molecule has 0 bridgehead atoms. The molecule has 3 aromatic rings. The largest absolute Gasteiger partial charge is 0.450 e. The summed E-state index contributed by atoms with van der Waals surface area (Å²) in [6.45, 7) is 5.37. The van der Waals surface area contributed by atoms with Crippen molar-refractivity contribution in [1.82, 2.24) is 19.2 Å². The molecule has 10 nitrogen and oxygen atoms in total. The Morgan fingerprint density at radius 1 is 1.29 bits per heavy atom. The fourth-order valence-electron chi connectivity index (χ4n) is 3.83. The van der Waals surface area contributed by atoms with Gasteiger partial charge in [-0.15, -0.1) is 0 Å². The molecular formula is C20H24N4O6S. The number of ether oxygens (including phenoxy) is 1. The maximum Gasteiger partial charge on any atom is 0.409 e. The molecule has 0 unspecified atom stereocenters. The van der Waals surface area contributed by atoms with Crippen molar-refractivity contribution in [2.24, 2.45) is 0 Å². The van der Waals surface area contributed by atoms with Gasteiger partial charge in [-0.3, -0.25) is 0 Å². The van der Waals surface area contributed by atoms with E-state index in [4.69, 9.17) is 9.15 Å². The first kappa shape index (κ1) is 21.3. The van der Waals surface area contributed by atoms with Gasteiger partial charge in [-0.05, 0) is 44.9 Å². The summed E-state index contributed by atoms with van der Waals surface area (Å²) in [6, 6.07) is 4.12. The van der Waals surface area contributed by atoms with Crippen LogP contribution in [0.25, 0.3) is 22.0 Å². The Morgan fingerprint density at radius 3 is 2.71 bits per heavy atom. The van der Waals surface area contributed by atoms with Gasteiger partial charge < -0.3 is 18.6 Å². The number of nitrogens with zero attached hydrogens (tertiary/aromatic N) is 3. The summed E-state index contributed by atoms with van der Waals surface area (Å²) in [5.41, 5.74) is 0.461. The summed E-state index contributed by atoms with van der Waals surface area (Å²) in [5, 5.41) is 0.508. The minimum absolute atomic E-state index is 0.0758. The standard InChI is InChI=1S/C20H24N4O6S/c1-3-23-12-21-17-18(23)15-11-14(5-6-16(15)30-19(17)25)31(27,28)22-13-7-9-24(10-8-13)20(26)29-4-2/h5-6,11-13,22H,3-4,7-10H2,1-2H3. The number of fused-ring (bicyclic) bond motifs is 3. The molecule has 3 heterocycles. The molecule has 1 aliphatic heterocycles. The average Bonchev–Trinajstić information content (AvgIpc) is 3.19. The van der Waals surface area contributed by atoms with E-state index in [0.29, 0.717) is 55.6 Å². The Bertz CT molecular complexity index is 1290. The number of likely N-dealkylation sites (tertiary alicyclic amines) is 1. The summed E-state index contributed by atoms with van der Waals surface area (Å²) in [6.07, 6.45) is 2.15. The Kier molecular flexibility index (Phi) is 5.71. The minimum Gasteiger partial charge on any atom is -0.450 e. The quantitative estimate of drug-likeness (QED) is 0.593. The van der Waals surface area contributed by atoms with Crippen molar-refractivity contribution in [2.75, 3.05) is 19.7 Å². The van der Waals surface area contributed by atoms with Crippen LogP contribution in [0.4, 0.5) is 4.79 Å². The second kappa shape index (κ2) is 8.31. The zero-order valence-electron chi connectivity index (χ0n) is 17.3. The van der Waals surface area contributed by atoms with Gasteiger partial charge in [0, 0.05) is 31.1 Å². The van der Waals surface area contributed by atoms with Crippen LogP contribution < -0.4 is 10.3 Å². The molecule has 1 fully saturated rings. The maximum absolute atomic E-state index is 13.0. The molecule has 0 saturated carbocycles. The highest BCUT2D eigenvalue weighted by Crippen LogP contribution is 2.26. The lowest BCUT2D eigenvalue weighted by Crippen LogP contribution is -2.46. The van der Waals surface area contributed by atoms with Crippen LogP contribution in [0.3, 0.4) is 0 Å². The molecule has 1 aliphatic rings. The minimum atomic E-state index is -3.81. The van der Waals surface area contributed by atoms with Crippen LogP contribution in [-0.4, -0.2) is 54.7 Å². The van der Waals surface area contributed by atoms with Crippen LogP contribution in [0.5, 0.6) is 0 Å². The first-order chi connectivity index (χ1) is 14.8. The van der Waals surface area contributed by atoms with Gasteiger partial charge in [-0.25, -0.2) is 27.7 Å². The third-order valence-electron chi connectivity index (χ3n) is 5.43. The van der Waals surface area contributed by atoms with Gasteiger partial charge in [0.25, 0.3) is 0 Å². The van der Waals surface area contributed by atoms with Crippen molar-refractivity contribution in [1.29, 1.82) is 0 Å². The summed E-state index contributed by atoms with van der Waals surface area (Å²) in [7, 11) is -3.81. The number of carbonyl (C=O) groups is 1. The van der Waals surface area contributed by atoms with E-state index in [2.05, 4.69) is 9.71 Å². The van der Waals surface area contributed by atoms with Crippen molar-refractivity contribution >= 4 is 38.1 Å². The molecule has 1 aromatic carbocycles. The van der Waals surface area contributed by atoms with Gasteiger partial charge in [0.05, 0.1) is 23.3 Å². The van der Waals surface area contributed by atoms with Crippen LogP contribution in [0.1, 0.15) is 26.7 Å². The highest BCUT2D eigenvalue weighted by molar-refractivity contribution is 7.89. The second-order valence-corrected chi connectivity index (χ2v) is 9.07. The monoisotopic (exact) mass is 448 g/mol. The van der Waals surface area contributed by atoms with Crippen LogP contribution >= 0.6 is 0 Å². The number of amides is 1. The van der Waals surface area contributed by atoms with E-state index in [1.54, 1.807) is 16.4 Å². The molecule has 4 rings (SSSR count). The van der Waals surface area contributed by atoms with Crippen molar-refractivity contribution < 1.29 is 22.4 Å². The van der Waals surface area contributed by atoms with Crippen LogP contribution in [0.2, 0.25) is 0 Å². The third kappa shape index (κ3) is 4.02. The molecule has 0 atom stereocenters. The predicted octanol–water partition coefficient (Wildman–Crippen LogP) is 2.06. The SMILES string of the molecule is CCOC(=O)N1CCC(NS(=O)(=O)c2ccc3oc(=O)c4ncn(CC)c4c3c2)CC1. The van der Waals surface area contributed by atoms with E-state index >= 15 is 0 Å². The molecule has 1 saturated heterocycles. The van der Waals surface area contributed by atoms with Crippen LogP contribution in [0.15, 0.2) is 38.6 Å². The van der Waals surface area contributed by atoms with Gasteiger partial charge in [0.1, 0.15) is 5.58 Å². The smallest absolute Gasteiger partial charge is 0.409 e. The third-order valence-corrected chi connectivity index (χ3v) is 6.95. The number of aromatic nitrogens is 2. The molecule has 1 N–H and O–H groups in total. The van der Waals surface area contributed by atoms with E-state index in [1.807, 2.05) is 6.92 Å². The van der Waals surface area contributed by atoms with E-state index in [0.717, 1.165) is 0 Å². The first-order valence-corrected chi connectivity index (χ1v) is 11.7. The lowest BCUT2D eigenvalue weighted by Gasteiger charge is -2.31. The van der Waals surface area contributed by atoms with Crippen molar-refractivity contribution in [3.05, 3.63) is 34.9 Å². The van der Waals surface area contributed by atoms with Gasteiger partial charge in [-0.2, -0.15) is 0 Å². The van der Waals surface area contributed by atoms with Gasteiger partial charge in [-0.1, -0.05) is 0 Å². The molecule has 11 heteroatoms. The Morgan fingerprint density at radius 2 is 2.03 bits per heavy atom. The number of piperidine rings is 1. The van der Waals surface area contributed by atoms with Crippen molar-refractivity contribution in [3.8, 4) is 0 Å². The number of benzene rings is 1. The number of carbonyl (C=O) groups excluding carboxylic acids is 1. The average molecular weight is 449 g/mol. The Balaban J connectivity index is 1.60. The van der Waals surface area contributed by atoms with E-state index in [-0.39, 0.29) is 22.5 Å². The molecule has 0 spiro atoms. The van der Waals surface area contributed by atoms with Crippen molar-refractivity contribution in [2.45, 2.75) is 44.2 Å². The molecule has 0 radical (unpaired) electrons. The number of hydrogen-bond donors (Lipinski definition) is 1. The zero-order chi connectivity index (χ0) is 22.2. The molecule has 166 valence electrons. The van der Waals surface area contributed by atoms with E-state index in [9.17, 15) is 18.0 Å². The van der Waals surface area contributed by atoms with Crippen molar-refractivity contribution in [3.63, 3.8) is 0 Å². The first-order valence-electron chi connectivity index (χ1n) is 10.2. The number of nitrogens with one attached hydrogen (secondary N) is 1. The van der Waals surface area contributed by atoms with E-state index in [1.165, 1.54) is 24.5 Å². The summed E-state index contributed by atoms with van der Waals surface area (Å²) in [4.78, 5) is 29.8. The molecule has 1 amide bonds. The lowest BCUT2D eigenvalue weighted by atomic mass is 10.1. The number of rotatable bonds is 5. The number of hydrogen-bond acceptors (Lipinski definition) is 7. The topological polar surface area (TPSA) is 124 Å². The molecule has 31 heavy (non-hydrogen) atoms. The zero-order valence-corrected chi connectivity index (χ0v) is 18.1. The molecule has 0 aliphatic carbocycles. The predicted molar refractivity (Wildman–Crippen MR) is 113 cm³/mol. The lowest BCUT2D eigenvalue weighted by molar-refractivity contribution is 0.0966. The van der Waals surface area contributed by atoms with Crippen LogP contribution in [0, 0.1) is 0 Å². The summed E-state index contributed by atoms with van der Waals surface area (Å²) < 4.78 is 40.9. The summed E-state index contributed by atoms with van der Waals surface area (Å²) >= 11 is 0. The highest BCUT2D eigenvalue weighted by atomic mass is 32.2. The Labute approximate surface area is 178 Å². The maximum atomic E-state index is 13.0. The molecular weight excluding hydrogens is 424 g/mol. The number of sulfonamides is 1. The fourth-order valence-corrected chi connectivity index (χ4v) is 5.17. The fraction of sp³-hybridized carbons (Fsp3) is 0.450. The Hall–Kier alpha value is -2.92. The number of aryl methyl sites for hydroxylation is 1. The molecule has 2 aromatic heterocycles. The second-order valence-electron chi connectivity index (χ2n) is 7.36. The highest BCUT2D eigenvalue weighted by Gasteiger charge is 2.27.